The smallest absolute Gasteiger partial charge is 0.131 e. The molecule has 1 unspecified atom stereocenters. The SMILES string of the molecule is CCCOC(C)n1ccnc1. The van der Waals surface area contributed by atoms with E-state index in [9.17, 15) is 0 Å². The zero-order chi connectivity index (χ0) is 8.10. The van der Waals surface area contributed by atoms with Gasteiger partial charge in [0.05, 0.1) is 6.33 Å². The van der Waals surface area contributed by atoms with Crippen LogP contribution in [0.5, 0.6) is 0 Å². The van der Waals surface area contributed by atoms with Gasteiger partial charge in [0.25, 0.3) is 0 Å². The van der Waals surface area contributed by atoms with E-state index in [1.54, 1.807) is 12.5 Å². The lowest BCUT2D eigenvalue weighted by atomic mass is 10.5. The molecule has 0 aromatic carbocycles. The van der Waals surface area contributed by atoms with Crippen molar-refractivity contribution in [3.63, 3.8) is 0 Å². The topological polar surface area (TPSA) is 27.1 Å². The van der Waals surface area contributed by atoms with Gasteiger partial charge in [0, 0.05) is 19.0 Å². The van der Waals surface area contributed by atoms with Crippen LogP contribution in [0.1, 0.15) is 26.5 Å². The molecule has 1 aromatic rings. The van der Waals surface area contributed by atoms with Crippen molar-refractivity contribution in [2.24, 2.45) is 0 Å². The second kappa shape index (κ2) is 4.13. The second-order valence-corrected chi connectivity index (χ2v) is 2.48. The molecule has 0 spiro atoms. The summed E-state index contributed by atoms with van der Waals surface area (Å²) in [5.41, 5.74) is 0. The third-order valence-corrected chi connectivity index (χ3v) is 1.51. The van der Waals surface area contributed by atoms with E-state index in [1.165, 1.54) is 0 Å². The summed E-state index contributed by atoms with van der Waals surface area (Å²) >= 11 is 0. The van der Waals surface area contributed by atoms with Crippen LogP contribution in [0.2, 0.25) is 0 Å². The van der Waals surface area contributed by atoms with Gasteiger partial charge in [0.2, 0.25) is 0 Å². The summed E-state index contributed by atoms with van der Waals surface area (Å²) < 4.78 is 7.40. The first-order valence-corrected chi connectivity index (χ1v) is 3.93. The molecule has 0 saturated carbocycles. The molecule has 3 nitrogen and oxygen atoms in total. The molecule has 0 aliphatic rings. The number of hydrogen-bond acceptors (Lipinski definition) is 2. The molecule has 0 radical (unpaired) electrons. The van der Waals surface area contributed by atoms with Crippen LogP contribution in [0, 0.1) is 0 Å². The number of rotatable bonds is 4. The molecule has 62 valence electrons. The lowest BCUT2D eigenvalue weighted by molar-refractivity contribution is 0.0166. The van der Waals surface area contributed by atoms with Crippen LogP contribution in [0.25, 0.3) is 0 Å². The number of nitrogens with zero attached hydrogens (tertiary/aromatic N) is 2. The summed E-state index contributed by atoms with van der Waals surface area (Å²) in [4.78, 5) is 3.93. The molecule has 0 bridgehead atoms. The van der Waals surface area contributed by atoms with E-state index >= 15 is 0 Å². The van der Waals surface area contributed by atoms with Gasteiger partial charge in [-0.05, 0) is 13.3 Å². The molecule has 1 rings (SSSR count). The maximum absolute atomic E-state index is 5.46. The van der Waals surface area contributed by atoms with Gasteiger partial charge in [-0.3, -0.25) is 0 Å². The van der Waals surface area contributed by atoms with Crippen molar-refractivity contribution in [1.82, 2.24) is 9.55 Å². The summed E-state index contributed by atoms with van der Waals surface area (Å²) in [7, 11) is 0. The molecule has 0 saturated heterocycles. The molecular formula is C8H14N2O. The minimum atomic E-state index is 0.109. The molecule has 0 fully saturated rings. The number of hydrogen-bond donors (Lipinski definition) is 0. The Morgan fingerprint density at radius 2 is 2.45 bits per heavy atom. The van der Waals surface area contributed by atoms with Crippen molar-refractivity contribution >= 4 is 0 Å². The van der Waals surface area contributed by atoms with Crippen LogP contribution in [0.3, 0.4) is 0 Å². The monoisotopic (exact) mass is 154 g/mol. The highest BCUT2D eigenvalue weighted by Gasteiger charge is 2.00. The molecule has 0 aliphatic carbocycles. The normalized spacial score (nSPS) is 13.3. The van der Waals surface area contributed by atoms with Crippen molar-refractivity contribution in [3.05, 3.63) is 18.7 Å². The average Bonchev–Trinajstić information content (AvgIpc) is 2.52. The summed E-state index contributed by atoms with van der Waals surface area (Å²) in [6.45, 7) is 4.91. The Bertz CT molecular complexity index is 184. The first kappa shape index (κ1) is 8.27. The predicted molar refractivity (Wildman–Crippen MR) is 43.2 cm³/mol. The Morgan fingerprint density at radius 1 is 1.64 bits per heavy atom. The van der Waals surface area contributed by atoms with E-state index in [0.29, 0.717) is 0 Å². The molecule has 0 amide bonds. The maximum Gasteiger partial charge on any atom is 0.131 e. The molecule has 1 aromatic heterocycles. The highest BCUT2D eigenvalue weighted by Crippen LogP contribution is 2.05. The van der Waals surface area contributed by atoms with Crippen molar-refractivity contribution in [1.29, 1.82) is 0 Å². The van der Waals surface area contributed by atoms with Crippen LogP contribution in [-0.2, 0) is 4.74 Å². The van der Waals surface area contributed by atoms with E-state index in [0.717, 1.165) is 13.0 Å². The highest BCUT2D eigenvalue weighted by molar-refractivity contribution is 4.75. The quantitative estimate of drug-likeness (QED) is 0.661. The minimum Gasteiger partial charge on any atom is -0.358 e. The van der Waals surface area contributed by atoms with E-state index in [4.69, 9.17) is 4.74 Å². The Hall–Kier alpha value is -0.830. The van der Waals surface area contributed by atoms with E-state index in [2.05, 4.69) is 11.9 Å². The van der Waals surface area contributed by atoms with Gasteiger partial charge in [0.1, 0.15) is 6.23 Å². The predicted octanol–water partition coefficient (Wildman–Crippen LogP) is 1.83. The molecule has 0 N–H and O–H groups in total. The standard InChI is InChI=1S/C8H14N2O/c1-3-6-11-8(2)10-5-4-9-7-10/h4-5,7-8H,3,6H2,1-2H3. The summed E-state index contributed by atoms with van der Waals surface area (Å²) in [5, 5.41) is 0. The molecular weight excluding hydrogens is 140 g/mol. The Morgan fingerprint density at radius 3 is 3.00 bits per heavy atom. The highest BCUT2D eigenvalue weighted by atomic mass is 16.5. The van der Waals surface area contributed by atoms with Gasteiger partial charge in [-0.25, -0.2) is 4.98 Å². The molecule has 0 aliphatic heterocycles. The van der Waals surface area contributed by atoms with Gasteiger partial charge >= 0.3 is 0 Å². The minimum absolute atomic E-state index is 0.109. The van der Waals surface area contributed by atoms with E-state index in [1.807, 2.05) is 17.7 Å². The van der Waals surface area contributed by atoms with Gasteiger partial charge in [-0.2, -0.15) is 0 Å². The fourth-order valence-electron chi connectivity index (χ4n) is 0.859. The van der Waals surface area contributed by atoms with Crippen molar-refractivity contribution < 1.29 is 4.74 Å². The van der Waals surface area contributed by atoms with Crippen LogP contribution in [0.15, 0.2) is 18.7 Å². The van der Waals surface area contributed by atoms with E-state index < -0.39 is 0 Å². The van der Waals surface area contributed by atoms with Crippen LogP contribution >= 0.6 is 0 Å². The lowest BCUT2D eigenvalue weighted by Crippen LogP contribution is -2.07. The third-order valence-electron chi connectivity index (χ3n) is 1.51. The summed E-state index contributed by atoms with van der Waals surface area (Å²) in [5.74, 6) is 0. The maximum atomic E-state index is 5.46. The fourth-order valence-corrected chi connectivity index (χ4v) is 0.859. The van der Waals surface area contributed by atoms with Gasteiger partial charge in [-0.15, -0.1) is 0 Å². The van der Waals surface area contributed by atoms with E-state index in [-0.39, 0.29) is 6.23 Å². The zero-order valence-corrected chi connectivity index (χ0v) is 7.03. The van der Waals surface area contributed by atoms with Crippen LogP contribution < -0.4 is 0 Å². The first-order valence-electron chi connectivity index (χ1n) is 3.93. The first-order chi connectivity index (χ1) is 5.34. The molecule has 1 heterocycles. The second-order valence-electron chi connectivity index (χ2n) is 2.48. The number of aromatic nitrogens is 2. The summed E-state index contributed by atoms with van der Waals surface area (Å²) in [6, 6.07) is 0. The van der Waals surface area contributed by atoms with Gasteiger partial charge in [-0.1, -0.05) is 6.92 Å². The summed E-state index contributed by atoms with van der Waals surface area (Å²) in [6.07, 6.45) is 6.59. The molecule has 11 heavy (non-hydrogen) atoms. The molecule has 1 atom stereocenters. The Kier molecular flexibility index (Phi) is 3.11. The van der Waals surface area contributed by atoms with Gasteiger partial charge in [0.15, 0.2) is 0 Å². The van der Waals surface area contributed by atoms with Crippen LogP contribution in [-0.4, -0.2) is 16.2 Å². The van der Waals surface area contributed by atoms with Crippen molar-refractivity contribution in [3.8, 4) is 0 Å². The fraction of sp³-hybridized carbons (Fsp3) is 0.625. The number of ether oxygens (including phenoxy) is 1. The number of imidazole rings is 1. The van der Waals surface area contributed by atoms with Crippen molar-refractivity contribution in [2.75, 3.05) is 6.61 Å². The van der Waals surface area contributed by atoms with Gasteiger partial charge < -0.3 is 9.30 Å². The van der Waals surface area contributed by atoms with Crippen LogP contribution in [0.4, 0.5) is 0 Å². The molecule has 3 heteroatoms. The van der Waals surface area contributed by atoms with Crippen molar-refractivity contribution in [2.45, 2.75) is 26.5 Å². The lowest BCUT2D eigenvalue weighted by Gasteiger charge is -2.12. The third kappa shape index (κ3) is 2.35. The zero-order valence-electron chi connectivity index (χ0n) is 7.03. The largest absolute Gasteiger partial charge is 0.358 e. The average molecular weight is 154 g/mol. The Labute approximate surface area is 67.0 Å². The Balaban J connectivity index is 2.36.